The molecule has 4 rings (SSSR count). The first-order valence-corrected chi connectivity index (χ1v) is 9.94. The number of nitrogens with zero attached hydrogens (tertiary/aromatic N) is 4. The molecule has 8 heteroatoms. The topological polar surface area (TPSA) is 58.4 Å². The van der Waals surface area contributed by atoms with Crippen molar-refractivity contribution in [2.45, 2.75) is 13.5 Å². The number of fused-ring (bicyclic) bond motifs is 1. The molecule has 2 aromatic heterocycles. The van der Waals surface area contributed by atoms with Crippen LogP contribution in [0, 0.1) is 6.92 Å². The molecule has 0 unspecified atom stereocenters. The van der Waals surface area contributed by atoms with Gasteiger partial charge in [0, 0.05) is 41.8 Å². The van der Waals surface area contributed by atoms with Crippen LogP contribution in [-0.2, 0) is 11.3 Å². The third-order valence-corrected chi connectivity index (χ3v) is 5.95. The summed E-state index contributed by atoms with van der Waals surface area (Å²) in [7, 11) is 0. The molecule has 3 aromatic rings. The normalized spacial score (nSPS) is 14.7. The Morgan fingerprint density at radius 1 is 1.22 bits per heavy atom. The predicted molar refractivity (Wildman–Crippen MR) is 109 cm³/mol. The number of carbonyl (C=O) groups excluding carboxylic acids is 1. The quantitative estimate of drug-likeness (QED) is 0.676. The van der Waals surface area contributed by atoms with Gasteiger partial charge in [0.05, 0.1) is 11.7 Å². The second-order valence-corrected chi connectivity index (χ2v) is 8.27. The summed E-state index contributed by atoms with van der Waals surface area (Å²) in [5, 5.41) is 1.29. The van der Waals surface area contributed by atoms with Crippen molar-refractivity contribution in [2.75, 3.05) is 31.1 Å². The Labute approximate surface area is 165 Å². The van der Waals surface area contributed by atoms with Crippen molar-refractivity contribution in [2.24, 2.45) is 0 Å². The van der Waals surface area contributed by atoms with Gasteiger partial charge in [-0.25, -0.2) is 4.98 Å². The zero-order chi connectivity index (χ0) is 19.0. The maximum atomic E-state index is 12.7. The van der Waals surface area contributed by atoms with Crippen LogP contribution >= 0.6 is 22.9 Å². The number of amides is 1. The lowest BCUT2D eigenvalue weighted by Gasteiger charge is -2.36. The van der Waals surface area contributed by atoms with Crippen molar-refractivity contribution >= 4 is 44.7 Å². The lowest BCUT2D eigenvalue weighted by molar-refractivity contribution is -0.132. The van der Waals surface area contributed by atoms with Crippen LogP contribution in [0.2, 0.25) is 5.02 Å². The number of carbonyl (C=O) groups is 1. The van der Waals surface area contributed by atoms with E-state index in [0.29, 0.717) is 23.5 Å². The van der Waals surface area contributed by atoms with E-state index in [-0.39, 0.29) is 18.0 Å². The molecule has 0 atom stereocenters. The van der Waals surface area contributed by atoms with Crippen molar-refractivity contribution < 1.29 is 4.79 Å². The molecule has 0 aliphatic carbocycles. The summed E-state index contributed by atoms with van der Waals surface area (Å²) < 4.78 is 1.40. The average molecular weight is 403 g/mol. The van der Waals surface area contributed by atoms with E-state index in [1.165, 1.54) is 22.2 Å². The molecule has 140 valence electrons. The number of hydrogen-bond acceptors (Lipinski definition) is 5. The summed E-state index contributed by atoms with van der Waals surface area (Å²) >= 11 is 7.55. The van der Waals surface area contributed by atoms with Crippen LogP contribution in [-0.4, -0.2) is 46.5 Å². The Balaban J connectivity index is 1.43. The fourth-order valence-corrected chi connectivity index (χ4v) is 4.35. The lowest BCUT2D eigenvalue weighted by atomic mass is 10.2. The largest absolute Gasteiger partial charge is 0.368 e. The highest BCUT2D eigenvalue weighted by Gasteiger charge is 2.22. The minimum absolute atomic E-state index is 0.0217. The van der Waals surface area contributed by atoms with Crippen LogP contribution in [0.15, 0.2) is 41.5 Å². The van der Waals surface area contributed by atoms with Gasteiger partial charge in [-0.15, -0.1) is 11.3 Å². The van der Waals surface area contributed by atoms with Crippen LogP contribution in [0.4, 0.5) is 5.69 Å². The molecule has 0 spiro atoms. The number of halogens is 1. The van der Waals surface area contributed by atoms with Gasteiger partial charge in [0.2, 0.25) is 5.91 Å². The predicted octanol–water partition coefficient (Wildman–Crippen LogP) is 2.77. The second-order valence-electron chi connectivity index (χ2n) is 6.60. The fraction of sp³-hybridized carbons (Fsp3) is 0.316. The zero-order valence-corrected chi connectivity index (χ0v) is 16.5. The van der Waals surface area contributed by atoms with Crippen LogP contribution in [0.1, 0.15) is 4.88 Å². The SMILES string of the molecule is Cc1cc2c(=O)n(CC(=O)N3CCN(c4cccc(Cl)c4)CC3)cnc2s1. The molecule has 1 aromatic carbocycles. The number of rotatable bonds is 3. The van der Waals surface area contributed by atoms with Crippen LogP contribution in [0.5, 0.6) is 0 Å². The molecule has 3 heterocycles. The molecule has 0 N–H and O–H groups in total. The van der Waals surface area contributed by atoms with Crippen molar-refractivity contribution in [3.8, 4) is 0 Å². The number of hydrogen-bond donors (Lipinski definition) is 0. The van der Waals surface area contributed by atoms with E-state index in [9.17, 15) is 9.59 Å². The first-order valence-electron chi connectivity index (χ1n) is 8.75. The number of aryl methyl sites for hydroxylation is 1. The van der Waals surface area contributed by atoms with E-state index in [1.54, 1.807) is 4.90 Å². The van der Waals surface area contributed by atoms with Gasteiger partial charge in [-0.1, -0.05) is 17.7 Å². The lowest BCUT2D eigenvalue weighted by Crippen LogP contribution is -2.50. The van der Waals surface area contributed by atoms with Gasteiger partial charge < -0.3 is 9.80 Å². The minimum Gasteiger partial charge on any atom is -0.368 e. The van der Waals surface area contributed by atoms with Crippen LogP contribution in [0.3, 0.4) is 0 Å². The first kappa shape index (κ1) is 18.0. The summed E-state index contributed by atoms with van der Waals surface area (Å²) in [5.74, 6) is -0.0593. The van der Waals surface area contributed by atoms with Gasteiger partial charge in [0.1, 0.15) is 11.4 Å². The Kier molecular flexibility index (Phi) is 4.88. The zero-order valence-electron chi connectivity index (χ0n) is 14.9. The van der Waals surface area contributed by atoms with E-state index in [4.69, 9.17) is 11.6 Å². The maximum absolute atomic E-state index is 12.7. The number of benzene rings is 1. The monoisotopic (exact) mass is 402 g/mol. The minimum atomic E-state index is -0.157. The van der Waals surface area contributed by atoms with Gasteiger partial charge in [-0.05, 0) is 31.2 Å². The molecular weight excluding hydrogens is 384 g/mol. The van der Waals surface area contributed by atoms with Gasteiger partial charge >= 0.3 is 0 Å². The summed E-state index contributed by atoms with van der Waals surface area (Å²) in [6.07, 6.45) is 1.47. The molecule has 0 bridgehead atoms. The Hall–Kier alpha value is -2.38. The standard InChI is InChI=1S/C19H19ClN4O2S/c1-13-9-16-18(27-13)21-12-24(19(16)26)11-17(25)23-7-5-22(6-8-23)15-4-2-3-14(20)10-15/h2-4,9-10,12H,5-8,11H2,1H3. The van der Waals surface area contributed by atoms with Gasteiger partial charge in [0.15, 0.2) is 0 Å². The van der Waals surface area contributed by atoms with Crippen molar-refractivity contribution in [1.82, 2.24) is 14.5 Å². The highest BCUT2D eigenvalue weighted by atomic mass is 35.5. The average Bonchev–Trinajstić information content (AvgIpc) is 3.05. The third-order valence-electron chi connectivity index (χ3n) is 4.75. The molecule has 6 nitrogen and oxygen atoms in total. The van der Waals surface area contributed by atoms with Crippen LogP contribution < -0.4 is 10.5 Å². The first-order chi connectivity index (χ1) is 13.0. The molecule has 1 fully saturated rings. The van der Waals surface area contributed by atoms with E-state index >= 15 is 0 Å². The number of piperazine rings is 1. The van der Waals surface area contributed by atoms with Gasteiger partial charge in [0.25, 0.3) is 5.56 Å². The molecular formula is C19H19ClN4O2S. The van der Waals surface area contributed by atoms with Crippen molar-refractivity contribution in [1.29, 1.82) is 0 Å². The third kappa shape index (κ3) is 3.70. The number of anilines is 1. The summed E-state index contributed by atoms with van der Waals surface area (Å²) in [5.41, 5.74) is 0.906. The van der Waals surface area contributed by atoms with E-state index in [1.807, 2.05) is 37.3 Å². The van der Waals surface area contributed by atoms with Gasteiger partial charge in [-0.3, -0.25) is 14.2 Å². The molecule has 0 radical (unpaired) electrons. The van der Waals surface area contributed by atoms with Gasteiger partial charge in [-0.2, -0.15) is 0 Å². The smallest absolute Gasteiger partial charge is 0.262 e. The summed E-state index contributed by atoms with van der Waals surface area (Å²) in [6, 6.07) is 9.56. The molecule has 1 aliphatic heterocycles. The molecule has 1 amide bonds. The van der Waals surface area contributed by atoms with E-state index in [0.717, 1.165) is 28.5 Å². The second kappa shape index (κ2) is 7.32. The van der Waals surface area contributed by atoms with E-state index < -0.39 is 0 Å². The van der Waals surface area contributed by atoms with Crippen molar-refractivity contribution in [3.63, 3.8) is 0 Å². The molecule has 0 saturated carbocycles. The fourth-order valence-electron chi connectivity index (χ4n) is 3.33. The van der Waals surface area contributed by atoms with Crippen LogP contribution in [0.25, 0.3) is 10.2 Å². The summed E-state index contributed by atoms with van der Waals surface area (Å²) in [4.78, 5) is 35.3. The number of aromatic nitrogens is 2. The molecule has 27 heavy (non-hydrogen) atoms. The Morgan fingerprint density at radius 3 is 2.74 bits per heavy atom. The van der Waals surface area contributed by atoms with E-state index in [2.05, 4.69) is 9.88 Å². The van der Waals surface area contributed by atoms with Crippen molar-refractivity contribution in [3.05, 3.63) is 56.9 Å². The highest BCUT2D eigenvalue weighted by molar-refractivity contribution is 7.18. The summed E-state index contributed by atoms with van der Waals surface area (Å²) in [6.45, 7) is 4.68. The Morgan fingerprint density at radius 2 is 2.00 bits per heavy atom. The number of thiophene rings is 1. The Bertz CT molecular complexity index is 1050. The highest BCUT2D eigenvalue weighted by Crippen LogP contribution is 2.21. The molecule has 1 saturated heterocycles. The molecule has 1 aliphatic rings. The maximum Gasteiger partial charge on any atom is 0.262 e.